The SMILES string of the molecule is CCO[C@H](CCNC(=O)N1C[C@@H](C)O[C@H](C)C1)C(C)C. The first-order valence-electron chi connectivity index (χ1n) is 7.73. The summed E-state index contributed by atoms with van der Waals surface area (Å²) in [5.74, 6) is 0.468. The Balaban J connectivity index is 2.31. The summed E-state index contributed by atoms with van der Waals surface area (Å²) >= 11 is 0. The number of carbonyl (C=O) groups excluding carboxylic acids is 1. The summed E-state index contributed by atoms with van der Waals surface area (Å²) in [4.78, 5) is 14.0. The van der Waals surface area contributed by atoms with Gasteiger partial charge in [-0.05, 0) is 33.1 Å². The largest absolute Gasteiger partial charge is 0.378 e. The van der Waals surface area contributed by atoms with Crippen LogP contribution in [0.4, 0.5) is 4.79 Å². The van der Waals surface area contributed by atoms with Gasteiger partial charge in [0.2, 0.25) is 0 Å². The lowest BCUT2D eigenvalue weighted by Gasteiger charge is -2.35. The van der Waals surface area contributed by atoms with Gasteiger partial charge in [-0.15, -0.1) is 0 Å². The number of urea groups is 1. The lowest BCUT2D eigenvalue weighted by atomic mass is 10.0. The maximum absolute atomic E-state index is 12.1. The highest BCUT2D eigenvalue weighted by atomic mass is 16.5. The number of nitrogens with zero attached hydrogens (tertiary/aromatic N) is 1. The van der Waals surface area contributed by atoms with Crippen molar-refractivity contribution < 1.29 is 14.3 Å². The fourth-order valence-electron chi connectivity index (χ4n) is 2.60. The summed E-state index contributed by atoms with van der Waals surface area (Å²) in [7, 11) is 0. The van der Waals surface area contributed by atoms with Crippen molar-refractivity contribution >= 4 is 6.03 Å². The maximum atomic E-state index is 12.1. The van der Waals surface area contributed by atoms with Crippen molar-refractivity contribution in [1.29, 1.82) is 0 Å². The lowest BCUT2D eigenvalue weighted by molar-refractivity contribution is -0.0546. The summed E-state index contributed by atoms with van der Waals surface area (Å²) in [5.41, 5.74) is 0. The molecule has 1 saturated heterocycles. The van der Waals surface area contributed by atoms with Crippen molar-refractivity contribution in [2.75, 3.05) is 26.2 Å². The molecule has 0 aromatic carbocycles. The molecule has 0 aromatic heterocycles. The van der Waals surface area contributed by atoms with E-state index in [0.29, 0.717) is 25.6 Å². The number of morpholine rings is 1. The van der Waals surface area contributed by atoms with Crippen LogP contribution >= 0.6 is 0 Å². The average molecular weight is 286 g/mol. The minimum Gasteiger partial charge on any atom is -0.378 e. The van der Waals surface area contributed by atoms with E-state index in [0.717, 1.165) is 13.0 Å². The first-order chi connectivity index (χ1) is 9.43. The molecule has 1 aliphatic heterocycles. The van der Waals surface area contributed by atoms with E-state index in [-0.39, 0.29) is 24.3 Å². The molecule has 1 fully saturated rings. The lowest BCUT2D eigenvalue weighted by Crippen LogP contribution is -2.52. The molecule has 118 valence electrons. The van der Waals surface area contributed by atoms with Gasteiger partial charge in [0.15, 0.2) is 0 Å². The van der Waals surface area contributed by atoms with Gasteiger partial charge in [-0.2, -0.15) is 0 Å². The number of ether oxygens (including phenoxy) is 2. The highest BCUT2D eigenvalue weighted by molar-refractivity contribution is 5.74. The molecule has 20 heavy (non-hydrogen) atoms. The Kier molecular flexibility index (Phi) is 7.30. The van der Waals surface area contributed by atoms with Crippen molar-refractivity contribution in [3.63, 3.8) is 0 Å². The zero-order valence-electron chi connectivity index (χ0n) is 13.5. The molecular formula is C15H30N2O3. The van der Waals surface area contributed by atoms with Crippen LogP contribution in [0.3, 0.4) is 0 Å². The molecule has 0 unspecified atom stereocenters. The Bertz CT molecular complexity index is 287. The Morgan fingerprint density at radius 2 is 1.95 bits per heavy atom. The van der Waals surface area contributed by atoms with Crippen molar-refractivity contribution in [2.24, 2.45) is 5.92 Å². The summed E-state index contributed by atoms with van der Waals surface area (Å²) in [6.07, 6.45) is 1.28. The fourth-order valence-corrected chi connectivity index (χ4v) is 2.60. The number of carbonyl (C=O) groups is 1. The molecule has 2 amide bonds. The van der Waals surface area contributed by atoms with Crippen LogP contribution in [0.5, 0.6) is 0 Å². The predicted octanol–water partition coefficient (Wildman–Crippen LogP) is 2.26. The Morgan fingerprint density at radius 3 is 2.45 bits per heavy atom. The van der Waals surface area contributed by atoms with Gasteiger partial charge in [-0.3, -0.25) is 0 Å². The van der Waals surface area contributed by atoms with Crippen LogP contribution in [0.2, 0.25) is 0 Å². The third-order valence-electron chi connectivity index (χ3n) is 3.54. The zero-order chi connectivity index (χ0) is 15.1. The molecule has 1 N–H and O–H groups in total. The van der Waals surface area contributed by atoms with Crippen LogP contribution in [-0.4, -0.2) is 55.5 Å². The van der Waals surface area contributed by atoms with Crippen molar-refractivity contribution in [2.45, 2.75) is 59.4 Å². The standard InChI is InChI=1S/C15H30N2O3/c1-6-19-14(11(2)3)7-8-16-15(18)17-9-12(4)20-13(5)10-17/h11-14H,6-10H2,1-5H3,(H,16,18)/t12-,13-,14-/m1/s1. The van der Waals surface area contributed by atoms with E-state index in [1.54, 1.807) is 0 Å². The molecule has 0 bridgehead atoms. The minimum absolute atomic E-state index is 0.00556. The maximum Gasteiger partial charge on any atom is 0.317 e. The average Bonchev–Trinajstić information content (AvgIpc) is 2.36. The second kappa shape index (κ2) is 8.47. The molecule has 5 nitrogen and oxygen atoms in total. The summed E-state index contributed by atoms with van der Waals surface area (Å²) in [6, 6.07) is 0.00556. The van der Waals surface area contributed by atoms with E-state index in [1.165, 1.54) is 0 Å². The number of nitrogens with one attached hydrogen (secondary N) is 1. The van der Waals surface area contributed by atoms with Gasteiger partial charge < -0.3 is 19.7 Å². The predicted molar refractivity (Wildman–Crippen MR) is 79.8 cm³/mol. The van der Waals surface area contributed by atoms with Crippen LogP contribution in [0.15, 0.2) is 0 Å². The number of hydrogen-bond donors (Lipinski definition) is 1. The number of hydrogen-bond acceptors (Lipinski definition) is 3. The molecule has 1 rings (SSSR count). The zero-order valence-corrected chi connectivity index (χ0v) is 13.5. The Labute approximate surface area is 123 Å². The van der Waals surface area contributed by atoms with E-state index in [2.05, 4.69) is 19.2 Å². The van der Waals surface area contributed by atoms with E-state index in [1.807, 2.05) is 25.7 Å². The van der Waals surface area contributed by atoms with E-state index < -0.39 is 0 Å². The van der Waals surface area contributed by atoms with E-state index >= 15 is 0 Å². The van der Waals surface area contributed by atoms with Gasteiger partial charge in [0.1, 0.15) is 0 Å². The fraction of sp³-hybridized carbons (Fsp3) is 0.933. The molecule has 1 aliphatic rings. The van der Waals surface area contributed by atoms with Gasteiger partial charge in [-0.1, -0.05) is 13.8 Å². The van der Waals surface area contributed by atoms with Crippen LogP contribution in [0.25, 0.3) is 0 Å². The molecule has 0 radical (unpaired) electrons. The monoisotopic (exact) mass is 286 g/mol. The van der Waals surface area contributed by atoms with E-state index in [9.17, 15) is 4.79 Å². The molecule has 3 atom stereocenters. The number of amides is 2. The highest BCUT2D eigenvalue weighted by Crippen LogP contribution is 2.12. The van der Waals surface area contributed by atoms with Crippen LogP contribution in [0.1, 0.15) is 41.0 Å². The second-order valence-electron chi connectivity index (χ2n) is 5.92. The number of rotatable bonds is 6. The Morgan fingerprint density at radius 1 is 1.35 bits per heavy atom. The summed E-state index contributed by atoms with van der Waals surface area (Å²) < 4.78 is 11.3. The van der Waals surface area contributed by atoms with Gasteiger partial charge in [0, 0.05) is 26.2 Å². The topological polar surface area (TPSA) is 50.8 Å². The third kappa shape index (κ3) is 5.67. The quantitative estimate of drug-likeness (QED) is 0.815. The van der Waals surface area contributed by atoms with Crippen LogP contribution in [-0.2, 0) is 9.47 Å². The second-order valence-corrected chi connectivity index (χ2v) is 5.92. The normalized spacial score (nSPS) is 24.8. The van der Waals surface area contributed by atoms with Gasteiger partial charge in [-0.25, -0.2) is 4.79 Å². The van der Waals surface area contributed by atoms with Gasteiger partial charge in [0.05, 0.1) is 18.3 Å². The molecule has 0 aliphatic carbocycles. The van der Waals surface area contributed by atoms with E-state index in [4.69, 9.17) is 9.47 Å². The van der Waals surface area contributed by atoms with Crippen LogP contribution < -0.4 is 5.32 Å². The van der Waals surface area contributed by atoms with Crippen LogP contribution in [0, 0.1) is 5.92 Å². The minimum atomic E-state index is 0.00556. The first-order valence-corrected chi connectivity index (χ1v) is 7.73. The molecule has 0 aromatic rings. The van der Waals surface area contributed by atoms with Gasteiger partial charge >= 0.3 is 6.03 Å². The molecule has 0 spiro atoms. The molecule has 0 saturated carbocycles. The Hall–Kier alpha value is -0.810. The smallest absolute Gasteiger partial charge is 0.317 e. The van der Waals surface area contributed by atoms with Crippen molar-refractivity contribution in [1.82, 2.24) is 10.2 Å². The summed E-state index contributed by atoms with van der Waals surface area (Å²) in [5, 5.41) is 2.99. The first kappa shape index (κ1) is 17.2. The molecule has 5 heteroatoms. The van der Waals surface area contributed by atoms with Crippen molar-refractivity contribution in [3.05, 3.63) is 0 Å². The molecule has 1 heterocycles. The van der Waals surface area contributed by atoms with Crippen molar-refractivity contribution in [3.8, 4) is 0 Å². The summed E-state index contributed by atoms with van der Waals surface area (Å²) in [6.45, 7) is 13.0. The van der Waals surface area contributed by atoms with Gasteiger partial charge in [0.25, 0.3) is 0 Å². The third-order valence-corrected chi connectivity index (χ3v) is 3.54. The highest BCUT2D eigenvalue weighted by Gasteiger charge is 2.25. The molecular weight excluding hydrogens is 256 g/mol.